The lowest BCUT2D eigenvalue weighted by Crippen LogP contribution is -1.52. The Labute approximate surface area is 53.1 Å². The Morgan fingerprint density at radius 3 is 2.50 bits per heavy atom. The maximum Gasteiger partial charge on any atom is -0.0164 e. The maximum atomic E-state index is 4.73. The largest absolute Gasteiger partial charge is 0.133 e. The van der Waals surface area contributed by atoms with Crippen LogP contribution in [0.15, 0.2) is 0 Å². The van der Waals surface area contributed by atoms with E-state index in [4.69, 9.17) is 11.2 Å². The molecule has 4 heteroatoms. The van der Waals surface area contributed by atoms with Crippen LogP contribution in [0.25, 0.3) is 0 Å². The lowest BCUT2D eigenvalue weighted by Gasteiger charge is -1.76. The van der Waals surface area contributed by atoms with Gasteiger partial charge in [-0.1, -0.05) is 17.0 Å². The lowest BCUT2D eigenvalue weighted by atomic mass is 11.0. The molecule has 1 unspecified atom stereocenters. The summed E-state index contributed by atoms with van der Waals surface area (Å²) < 4.78 is 0. The standard InChI is InChI=1S/C2H6S4/c1-2-5-6(3)4/h2,5H,1H3,(H,3,4). The van der Waals surface area contributed by atoms with Gasteiger partial charge in [0.25, 0.3) is 0 Å². The van der Waals surface area contributed by atoms with Crippen molar-refractivity contribution in [2.75, 3.05) is 0 Å². The molecule has 0 rings (SSSR count). The molecule has 1 atom stereocenters. The Morgan fingerprint density at radius 2 is 2.50 bits per heavy atom. The van der Waals surface area contributed by atoms with Gasteiger partial charge in [0.2, 0.25) is 0 Å². The molecule has 0 aliphatic rings. The topological polar surface area (TPSA) is 0 Å². The molecule has 0 heterocycles. The van der Waals surface area contributed by atoms with Gasteiger partial charge in [0.1, 0.15) is 0 Å². The molecule has 0 spiro atoms. The molecule has 0 saturated heterocycles. The number of rotatable bonds is 1. The molecule has 0 aliphatic carbocycles. The summed E-state index contributed by atoms with van der Waals surface area (Å²) in [4.78, 5) is 0. The first-order valence-corrected chi connectivity index (χ1v) is 6.14. The molecule has 0 N–H and O–H groups in total. The molecular weight excluding hydrogens is 152 g/mol. The second-order valence-electron chi connectivity index (χ2n) is 0.594. The van der Waals surface area contributed by atoms with Gasteiger partial charge in [0.05, 0.1) is 0 Å². The van der Waals surface area contributed by atoms with Gasteiger partial charge in [-0.2, -0.15) is 0 Å². The van der Waals surface area contributed by atoms with Crippen LogP contribution in [0.2, 0.25) is 0 Å². The van der Waals surface area contributed by atoms with Gasteiger partial charge in [-0.25, -0.2) is 0 Å². The van der Waals surface area contributed by atoms with Crippen molar-refractivity contribution in [2.45, 2.75) is 6.92 Å². The highest BCUT2D eigenvalue weighted by Gasteiger charge is 1.63. The zero-order valence-electron chi connectivity index (χ0n) is 3.29. The third kappa shape index (κ3) is 5.14. The molecule has 0 radical (unpaired) electrons. The van der Waals surface area contributed by atoms with Crippen molar-refractivity contribution in [3.05, 3.63) is 0 Å². The summed E-state index contributed by atoms with van der Waals surface area (Å²) >= 11 is 8.70. The highest BCUT2D eigenvalue weighted by atomic mass is 33.7. The molecule has 0 nitrogen and oxygen atoms in total. The zero-order valence-corrected chi connectivity index (χ0v) is 6.71. The molecule has 0 saturated carbocycles. The van der Waals surface area contributed by atoms with E-state index in [1.807, 2.05) is 12.3 Å². The van der Waals surface area contributed by atoms with E-state index in [1.165, 1.54) is 0 Å². The molecule has 38 valence electrons. The van der Waals surface area contributed by atoms with E-state index >= 15 is 0 Å². The summed E-state index contributed by atoms with van der Waals surface area (Å²) in [6, 6.07) is 0. The van der Waals surface area contributed by atoms with Crippen molar-refractivity contribution in [3.63, 3.8) is 0 Å². The van der Waals surface area contributed by atoms with Crippen LogP contribution in [0.4, 0.5) is 0 Å². The van der Waals surface area contributed by atoms with Gasteiger partial charge < -0.3 is 0 Å². The summed E-state index contributed by atoms with van der Waals surface area (Å²) in [6.07, 6.45) is 0. The van der Waals surface area contributed by atoms with Gasteiger partial charge in [0.15, 0.2) is 0 Å². The van der Waals surface area contributed by atoms with E-state index in [0.29, 0.717) is 0 Å². The molecule has 6 heavy (non-hydrogen) atoms. The van der Waals surface area contributed by atoms with Crippen LogP contribution >= 0.6 is 22.0 Å². The highest BCUT2D eigenvalue weighted by Crippen LogP contribution is 1.98. The molecule has 0 amide bonds. The van der Waals surface area contributed by atoms with E-state index < -0.39 is 0 Å². The number of hydrogen-bond acceptors (Lipinski definition) is 1. The first-order chi connectivity index (χ1) is 2.77. The quantitative estimate of drug-likeness (QED) is 0.327. The lowest BCUT2D eigenvalue weighted by molar-refractivity contribution is 2.14. The van der Waals surface area contributed by atoms with Gasteiger partial charge in [-0.05, 0) is 25.6 Å². The summed E-state index contributed by atoms with van der Waals surface area (Å²) in [5, 5.41) is 2.00. The first-order valence-electron chi connectivity index (χ1n) is 1.37. The monoisotopic (exact) mass is 158 g/mol. The fraction of sp³-hybridized carbons (Fsp3) is 0.500. The average Bonchev–Trinajstić information content (AvgIpc) is 1.35. The van der Waals surface area contributed by atoms with Crippen molar-refractivity contribution < 1.29 is 0 Å². The van der Waals surface area contributed by atoms with Crippen LogP contribution in [0, 0.1) is 0 Å². The summed E-state index contributed by atoms with van der Waals surface area (Å²) in [7, 11) is 1.04. The molecule has 0 aromatic carbocycles. The van der Waals surface area contributed by atoms with Gasteiger partial charge in [-0.3, -0.25) is 0 Å². The number of hydrogen-bond donors (Lipinski definition) is 2. The Kier molecular flexibility index (Phi) is 5.12. The zero-order chi connectivity index (χ0) is 4.99. The van der Waals surface area contributed by atoms with Crippen LogP contribution in [-0.4, -0.2) is 5.37 Å². The van der Waals surface area contributed by atoms with E-state index in [0.717, 1.165) is 10.4 Å². The molecule has 0 aromatic rings. The van der Waals surface area contributed by atoms with Crippen molar-refractivity contribution >= 4 is 46.1 Å². The van der Waals surface area contributed by atoms with Crippen molar-refractivity contribution in [1.82, 2.24) is 0 Å². The minimum absolute atomic E-state index is 0.121. The summed E-state index contributed by atoms with van der Waals surface area (Å²) in [5.41, 5.74) is 0. The smallest absolute Gasteiger partial charge is 0.0164 e. The predicted octanol–water partition coefficient (Wildman–Crippen LogP) is 1.11. The van der Waals surface area contributed by atoms with Crippen molar-refractivity contribution in [3.8, 4) is 0 Å². The fourth-order valence-corrected chi connectivity index (χ4v) is 2.43. The maximum absolute atomic E-state index is 4.73. The Hall–Kier alpha value is 1.14. The normalized spacial score (nSPS) is 17.0. The molecule has 0 fully saturated rings. The molecule has 0 aliphatic heterocycles. The van der Waals surface area contributed by atoms with Crippen LogP contribution in [0.5, 0.6) is 0 Å². The fourth-order valence-electron chi connectivity index (χ4n) is 0.0902. The summed E-state index contributed by atoms with van der Waals surface area (Å²) in [6.45, 7) is 1.98. The second kappa shape index (κ2) is 4.30. The second-order valence-corrected chi connectivity index (χ2v) is 7.95. The van der Waals surface area contributed by atoms with Gasteiger partial charge in [0, 0.05) is 0 Å². The molecule has 0 aromatic heterocycles. The van der Waals surface area contributed by atoms with Crippen LogP contribution in [-0.2, 0) is 18.7 Å². The van der Waals surface area contributed by atoms with E-state index in [2.05, 4.69) is 11.7 Å². The van der Waals surface area contributed by atoms with E-state index in [1.54, 1.807) is 0 Å². The third-order valence-electron chi connectivity index (χ3n) is 0.196. The van der Waals surface area contributed by atoms with Crippen LogP contribution in [0.3, 0.4) is 0 Å². The first kappa shape index (κ1) is 7.14. The SMILES string of the molecule is CC=[SH]S(=S)S. The van der Waals surface area contributed by atoms with Gasteiger partial charge in [-0.15, -0.1) is 10.4 Å². The Balaban J connectivity index is 3.30. The Morgan fingerprint density at radius 1 is 2.00 bits per heavy atom. The van der Waals surface area contributed by atoms with Crippen molar-refractivity contribution in [2.24, 2.45) is 0 Å². The number of thiol groups is 2. The molecule has 0 bridgehead atoms. The highest BCUT2D eigenvalue weighted by molar-refractivity contribution is 9.07. The third-order valence-corrected chi connectivity index (χ3v) is 3.38. The van der Waals surface area contributed by atoms with Crippen LogP contribution < -0.4 is 0 Å². The van der Waals surface area contributed by atoms with E-state index in [-0.39, 0.29) is 7.52 Å². The average molecular weight is 158 g/mol. The predicted molar refractivity (Wildman–Crippen MR) is 44.4 cm³/mol. The molecular formula is C2H6S4. The van der Waals surface area contributed by atoms with E-state index in [9.17, 15) is 0 Å². The minimum atomic E-state index is -0.121. The van der Waals surface area contributed by atoms with Crippen molar-refractivity contribution in [1.29, 1.82) is 0 Å². The minimum Gasteiger partial charge on any atom is -0.133 e. The summed E-state index contributed by atoms with van der Waals surface area (Å²) in [5.74, 6) is 0. The Bertz CT molecular complexity index is 73.6. The van der Waals surface area contributed by atoms with Crippen LogP contribution in [0.1, 0.15) is 6.92 Å². The van der Waals surface area contributed by atoms with Gasteiger partial charge >= 0.3 is 0 Å².